The lowest BCUT2D eigenvalue weighted by atomic mass is 10.1. The van der Waals surface area contributed by atoms with Gasteiger partial charge < -0.3 is 15.0 Å². The van der Waals surface area contributed by atoms with Crippen molar-refractivity contribution >= 4 is 28.9 Å². The number of amides is 1. The van der Waals surface area contributed by atoms with Gasteiger partial charge in [-0.25, -0.2) is 0 Å². The van der Waals surface area contributed by atoms with Crippen LogP contribution in [0.2, 0.25) is 5.02 Å². The topological polar surface area (TPSA) is 87.9 Å². The van der Waals surface area contributed by atoms with Crippen LogP contribution in [-0.2, 0) is 11.3 Å². The smallest absolute Gasteiger partial charge is 0.291 e. The van der Waals surface area contributed by atoms with Crippen LogP contribution in [0.4, 0.5) is 11.4 Å². The zero-order valence-electron chi connectivity index (χ0n) is 17.0. The number of hydrogen-bond donors (Lipinski definition) is 1. The van der Waals surface area contributed by atoms with Crippen molar-refractivity contribution in [3.05, 3.63) is 63.2 Å². The van der Waals surface area contributed by atoms with Crippen molar-refractivity contribution in [2.24, 2.45) is 5.92 Å². The van der Waals surface area contributed by atoms with Gasteiger partial charge in [-0.15, -0.1) is 0 Å². The van der Waals surface area contributed by atoms with Crippen LogP contribution in [0.1, 0.15) is 5.56 Å². The number of halogens is 1. The van der Waals surface area contributed by atoms with Crippen molar-refractivity contribution in [2.45, 2.75) is 6.54 Å². The lowest BCUT2D eigenvalue weighted by Crippen LogP contribution is -2.37. The molecule has 1 aliphatic rings. The van der Waals surface area contributed by atoms with E-state index in [-0.39, 0.29) is 28.3 Å². The molecule has 0 spiro atoms. The highest BCUT2D eigenvalue weighted by atomic mass is 35.5. The number of rotatable bonds is 6. The highest BCUT2D eigenvalue weighted by Gasteiger charge is 2.28. The van der Waals surface area contributed by atoms with E-state index in [0.717, 1.165) is 19.6 Å². The molecular formula is C21H25ClN4O4. The summed E-state index contributed by atoms with van der Waals surface area (Å²) in [6.07, 6.45) is 0. The van der Waals surface area contributed by atoms with Crippen LogP contribution in [0.3, 0.4) is 0 Å². The Morgan fingerprint density at radius 3 is 2.67 bits per heavy atom. The first-order valence-corrected chi connectivity index (χ1v) is 10.0. The fourth-order valence-corrected chi connectivity index (χ4v) is 3.81. The summed E-state index contributed by atoms with van der Waals surface area (Å²) in [5, 5.41) is 13.9. The number of nitrogens with one attached hydrogen (secondary N) is 1. The molecule has 3 rings (SSSR count). The first kappa shape index (κ1) is 22.0. The van der Waals surface area contributed by atoms with Gasteiger partial charge in [-0.1, -0.05) is 41.9 Å². The molecule has 1 aliphatic heterocycles. The number of ether oxygens (including phenoxy) is 1. The normalized spacial score (nSPS) is 17.9. The van der Waals surface area contributed by atoms with E-state index in [4.69, 9.17) is 16.3 Å². The molecule has 30 heavy (non-hydrogen) atoms. The molecule has 0 bridgehead atoms. The predicted octanol–water partition coefficient (Wildman–Crippen LogP) is 3.26. The Morgan fingerprint density at radius 2 is 2.00 bits per heavy atom. The van der Waals surface area contributed by atoms with Gasteiger partial charge in [0.15, 0.2) is 0 Å². The van der Waals surface area contributed by atoms with Crippen LogP contribution in [-0.4, -0.2) is 61.0 Å². The largest absolute Gasteiger partial charge is 0.494 e. The lowest BCUT2D eigenvalue weighted by molar-refractivity contribution is -0.384. The maximum Gasteiger partial charge on any atom is 0.291 e. The van der Waals surface area contributed by atoms with Crippen LogP contribution in [0.25, 0.3) is 0 Å². The van der Waals surface area contributed by atoms with E-state index in [0.29, 0.717) is 18.8 Å². The van der Waals surface area contributed by atoms with Crippen LogP contribution in [0, 0.1) is 16.0 Å². The standard InChI is InChI=1S/C21H25ClN4O4/c1-24-8-9-25(12-15-6-4-3-5-7-15)14-16(13-24)21(27)23-18-10-17(22)19(26(28)29)11-20(18)30-2/h3-7,10-11,16H,8-9,12-14H2,1-2H3,(H,23,27). The van der Waals surface area contributed by atoms with Crippen molar-refractivity contribution in [1.29, 1.82) is 0 Å². The first-order valence-electron chi connectivity index (χ1n) is 9.65. The van der Waals surface area contributed by atoms with E-state index >= 15 is 0 Å². The van der Waals surface area contributed by atoms with Crippen molar-refractivity contribution in [1.82, 2.24) is 9.80 Å². The number of carbonyl (C=O) groups is 1. The van der Waals surface area contributed by atoms with Crippen LogP contribution < -0.4 is 10.1 Å². The second-order valence-corrected chi connectivity index (χ2v) is 7.84. The molecule has 0 aromatic heterocycles. The summed E-state index contributed by atoms with van der Waals surface area (Å²) < 4.78 is 5.23. The molecule has 0 radical (unpaired) electrons. The molecule has 9 heteroatoms. The second-order valence-electron chi connectivity index (χ2n) is 7.43. The third kappa shape index (κ3) is 5.47. The van der Waals surface area contributed by atoms with Gasteiger partial charge in [-0.2, -0.15) is 0 Å². The monoisotopic (exact) mass is 432 g/mol. The summed E-state index contributed by atoms with van der Waals surface area (Å²) in [6.45, 7) is 3.71. The number of methoxy groups -OCH3 is 1. The molecule has 1 saturated heterocycles. The Hall–Kier alpha value is -2.68. The number of nitrogens with zero attached hydrogens (tertiary/aromatic N) is 3. The van der Waals surface area contributed by atoms with Gasteiger partial charge >= 0.3 is 0 Å². The van der Waals surface area contributed by atoms with Gasteiger partial charge in [0.05, 0.1) is 29.7 Å². The molecule has 1 amide bonds. The van der Waals surface area contributed by atoms with Gasteiger partial charge in [-0.3, -0.25) is 19.8 Å². The maximum atomic E-state index is 13.1. The van der Waals surface area contributed by atoms with E-state index in [1.807, 2.05) is 25.2 Å². The summed E-state index contributed by atoms with van der Waals surface area (Å²) >= 11 is 6.02. The van der Waals surface area contributed by atoms with Crippen molar-refractivity contribution in [3.63, 3.8) is 0 Å². The minimum atomic E-state index is -0.585. The molecule has 8 nitrogen and oxygen atoms in total. The summed E-state index contributed by atoms with van der Waals surface area (Å²) in [7, 11) is 3.39. The number of anilines is 1. The minimum absolute atomic E-state index is 0.0558. The number of benzene rings is 2. The maximum absolute atomic E-state index is 13.1. The minimum Gasteiger partial charge on any atom is -0.494 e. The number of nitro groups is 1. The van der Waals surface area contributed by atoms with Crippen LogP contribution in [0.5, 0.6) is 5.75 Å². The van der Waals surface area contributed by atoms with E-state index in [1.54, 1.807) is 0 Å². The summed E-state index contributed by atoms with van der Waals surface area (Å²) in [5.74, 6) is -0.257. The first-order chi connectivity index (χ1) is 14.4. The average molecular weight is 433 g/mol. The second kappa shape index (κ2) is 9.88. The fraction of sp³-hybridized carbons (Fsp3) is 0.381. The highest BCUT2D eigenvalue weighted by Crippen LogP contribution is 2.36. The van der Waals surface area contributed by atoms with Crippen molar-refractivity contribution in [2.75, 3.05) is 45.7 Å². The zero-order chi connectivity index (χ0) is 21.7. The van der Waals surface area contributed by atoms with Crippen molar-refractivity contribution < 1.29 is 14.5 Å². The Morgan fingerprint density at radius 1 is 1.27 bits per heavy atom. The zero-order valence-corrected chi connectivity index (χ0v) is 17.8. The molecule has 160 valence electrons. The molecule has 2 aromatic carbocycles. The van der Waals surface area contributed by atoms with E-state index in [9.17, 15) is 14.9 Å². The van der Waals surface area contributed by atoms with Gasteiger partial charge in [0.2, 0.25) is 5.91 Å². The summed E-state index contributed by atoms with van der Waals surface area (Å²) in [5.41, 5.74) is 1.25. The van der Waals surface area contributed by atoms with Gasteiger partial charge in [-0.05, 0) is 18.7 Å². The van der Waals surface area contributed by atoms with E-state index in [2.05, 4.69) is 27.2 Å². The number of hydrogen-bond acceptors (Lipinski definition) is 6. The van der Waals surface area contributed by atoms with Gasteiger partial charge in [0, 0.05) is 32.7 Å². The average Bonchev–Trinajstić information content (AvgIpc) is 2.90. The third-order valence-electron chi connectivity index (χ3n) is 5.15. The Bertz CT molecular complexity index is 909. The summed E-state index contributed by atoms with van der Waals surface area (Å²) in [6, 6.07) is 12.7. The highest BCUT2D eigenvalue weighted by molar-refractivity contribution is 6.33. The molecule has 0 aliphatic carbocycles. The number of nitro benzene ring substituents is 1. The molecule has 1 N–H and O–H groups in total. The third-order valence-corrected chi connectivity index (χ3v) is 5.45. The molecule has 1 atom stereocenters. The van der Waals surface area contributed by atoms with Gasteiger partial charge in [0.25, 0.3) is 5.69 Å². The molecule has 1 unspecified atom stereocenters. The van der Waals surface area contributed by atoms with Crippen LogP contribution in [0.15, 0.2) is 42.5 Å². The Kier molecular flexibility index (Phi) is 7.25. The number of likely N-dealkylation sites (N-methyl/N-ethyl adjacent to an activating group) is 1. The molecule has 2 aromatic rings. The Labute approximate surface area is 180 Å². The molecule has 0 saturated carbocycles. The Balaban J connectivity index is 1.76. The predicted molar refractivity (Wildman–Crippen MR) is 116 cm³/mol. The number of carbonyl (C=O) groups excluding carboxylic acids is 1. The SMILES string of the molecule is COc1cc([N+](=O)[O-])c(Cl)cc1NC(=O)C1CN(C)CCN(Cc2ccccc2)C1. The quantitative estimate of drug-likeness (QED) is 0.556. The van der Waals surface area contributed by atoms with Crippen LogP contribution >= 0.6 is 11.6 Å². The fourth-order valence-electron chi connectivity index (χ4n) is 3.58. The van der Waals surface area contributed by atoms with E-state index < -0.39 is 4.92 Å². The molecular weight excluding hydrogens is 408 g/mol. The van der Waals surface area contributed by atoms with Crippen molar-refractivity contribution in [3.8, 4) is 5.75 Å². The lowest BCUT2D eigenvalue weighted by Gasteiger charge is -2.24. The van der Waals surface area contributed by atoms with Gasteiger partial charge in [0.1, 0.15) is 10.8 Å². The molecule has 1 fully saturated rings. The van der Waals surface area contributed by atoms with E-state index in [1.165, 1.54) is 24.8 Å². The molecule has 1 heterocycles. The summed E-state index contributed by atoms with van der Waals surface area (Å²) in [4.78, 5) is 28.0.